The Hall–Kier alpha value is -5.60. The van der Waals surface area contributed by atoms with E-state index in [0.717, 1.165) is 33.8 Å². The van der Waals surface area contributed by atoms with Crippen LogP contribution in [0.3, 0.4) is 0 Å². The Morgan fingerprint density at radius 2 is 0.957 bits per heavy atom. The predicted molar refractivity (Wildman–Crippen MR) is 189 cm³/mol. The Balaban J connectivity index is 1.34. The van der Waals surface area contributed by atoms with Gasteiger partial charge in [0.05, 0.1) is 28.7 Å². The van der Waals surface area contributed by atoms with Gasteiger partial charge in [-0.3, -0.25) is 4.98 Å². The zero-order valence-corrected chi connectivity index (χ0v) is 26.2. The topological polar surface area (TPSA) is 25.8 Å². The fourth-order valence-electron chi connectivity index (χ4n) is 7.97. The van der Waals surface area contributed by atoms with Crippen LogP contribution >= 0.6 is 0 Å². The number of aryl methyl sites for hydroxylation is 3. The molecular formula is C44H32N2. The lowest BCUT2D eigenvalue weighted by Crippen LogP contribution is -2.25. The van der Waals surface area contributed by atoms with E-state index in [-0.39, 0.29) is 0 Å². The molecule has 0 amide bonds. The molecule has 1 aromatic heterocycles. The number of aromatic nitrogens is 2. The fourth-order valence-corrected chi connectivity index (χ4v) is 7.97. The van der Waals surface area contributed by atoms with Gasteiger partial charge in [0.25, 0.3) is 0 Å². The summed E-state index contributed by atoms with van der Waals surface area (Å²) in [5.41, 5.74) is 19.7. The third kappa shape index (κ3) is 3.71. The number of benzene rings is 6. The number of rotatable bonds is 3. The minimum atomic E-state index is -0.406. The summed E-state index contributed by atoms with van der Waals surface area (Å²) < 4.78 is 0. The molecule has 0 saturated heterocycles. The van der Waals surface area contributed by atoms with Gasteiger partial charge in [-0.25, -0.2) is 4.98 Å². The molecule has 2 aliphatic rings. The molecule has 2 nitrogen and oxygen atoms in total. The third-order valence-electron chi connectivity index (χ3n) is 10.0. The molecule has 218 valence electrons. The zero-order valence-electron chi connectivity index (χ0n) is 26.2. The molecule has 0 radical (unpaired) electrons. The molecule has 2 heteroatoms. The Labute approximate surface area is 270 Å². The molecule has 1 spiro atoms. The van der Waals surface area contributed by atoms with Gasteiger partial charge in [-0.1, -0.05) is 139 Å². The highest BCUT2D eigenvalue weighted by molar-refractivity contribution is 5.96. The second kappa shape index (κ2) is 9.95. The van der Waals surface area contributed by atoms with Crippen molar-refractivity contribution in [3.8, 4) is 56.0 Å². The molecule has 46 heavy (non-hydrogen) atoms. The Morgan fingerprint density at radius 1 is 0.435 bits per heavy atom. The van der Waals surface area contributed by atoms with Crippen LogP contribution in [0.2, 0.25) is 0 Å². The average Bonchev–Trinajstić information content (AvgIpc) is 3.56. The third-order valence-corrected chi connectivity index (χ3v) is 10.0. The van der Waals surface area contributed by atoms with Crippen molar-refractivity contribution in [2.75, 3.05) is 0 Å². The van der Waals surface area contributed by atoms with E-state index in [1.807, 2.05) is 6.20 Å². The molecule has 0 saturated carbocycles. The Kier molecular flexibility index (Phi) is 5.79. The molecule has 0 unspecified atom stereocenters. The van der Waals surface area contributed by atoms with Gasteiger partial charge in [0.15, 0.2) is 0 Å². The normalized spacial score (nSPS) is 13.3. The highest BCUT2D eigenvalue weighted by Crippen LogP contribution is 2.63. The number of hydrogen-bond acceptors (Lipinski definition) is 2. The zero-order chi connectivity index (χ0) is 31.0. The predicted octanol–water partition coefficient (Wildman–Crippen LogP) is 10.7. The maximum atomic E-state index is 5.40. The Morgan fingerprint density at radius 3 is 1.57 bits per heavy atom. The molecule has 0 fully saturated rings. The summed E-state index contributed by atoms with van der Waals surface area (Å²) in [7, 11) is 0. The van der Waals surface area contributed by atoms with Gasteiger partial charge in [-0.2, -0.15) is 0 Å². The maximum Gasteiger partial charge on any atom is 0.0972 e. The van der Waals surface area contributed by atoms with E-state index in [1.54, 1.807) is 0 Å². The van der Waals surface area contributed by atoms with Crippen molar-refractivity contribution in [2.45, 2.75) is 26.2 Å². The fraction of sp³-hybridized carbons (Fsp3) is 0.0909. The SMILES string of the molecule is Cc1ccc(-c2cnc(-c3ccc(C)cc3C)c(-c3ccc4c(c3)C3(c5ccccc5-c5ccccc53)c3ccccc3-4)n2)cc1. The first kappa shape index (κ1) is 26.8. The van der Waals surface area contributed by atoms with Crippen LogP contribution in [0.15, 0.2) is 140 Å². The van der Waals surface area contributed by atoms with E-state index in [1.165, 1.54) is 61.2 Å². The largest absolute Gasteiger partial charge is 0.252 e. The first-order valence-electron chi connectivity index (χ1n) is 16.0. The van der Waals surface area contributed by atoms with Crippen molar-refractivity contribution in [3.63, 3.8) is 0 Å². The van der Waals surface area contributed by atoms with Gasteiger partial charge in [-0.05, 0) is 76.9 Å². The summed E-state index contributed by atoms with van der Waals surface area (Å²) in [5, 5.41) is 0. The molecule has 0 aliphatic heterocycles. The van der Waals surface area contributed by atoms with Crippen LogP contribution in [0.1, 0.15) is 38.9 Å². The van der Waals surface area contributed by atoms with E-state index in [4.69, 9.17) is 9.97 Å². The molecule has 1 heterocycles. The van der Waals surface area contributed by atoms with Crippen LogP contribution in [0.5, 0.6) is 0 Å². The summed E-state index contributed by atoms with van der Waals surface area (Å²) in [6.07, 6.45) is 1.93. The second-order valence-electron chi connectivity index (χ2n) is 12.8. The lowest BCUT2D eigenvalue weighted by molar-refractivity contribution is 0.794. The molecule has 0 bridgehead atoms. The quantitative estimate of drug-likeness (QED) is 0.205. The number of fused-ring (bicyclic) bond motifs is 10. The van der Waals surface area contributed by atoms with Gasteiger partial charge in [-0.15, -0.1) is 0 Å². The molecule has 7 aromatic rings. The van der Waals surface area contributed by atoms with E-state index < -0.39 is 5.41 Å². The molecule has 9 rings (SSSR count). The lowest BCUT2D eigenvalue weighted by atomic mass is 9.70. The minimum Gasteiger partial charge on any atom is -0.252 e. The van der Waals surface area contributed by atoms with Crippen molar-refractivity contribution in [1.82, 2.24) is 9.97 Å². The average molecular weight is 589 g/mol. The van der Waals surface area contributed by atoms with E-state index in [9.17, 15) is 0 Å². The monoisotopic (exact) mass is 588 g/mol. The van der Waals surface area contributed by atoms with Crippen molar-refractivity contribution >= 4 is 0 Å². The van der Waals surface area contributed by atoms with Crippen LogP contribution in [-0.4, -0.2) is 9.97 Å². The van der Waals surface area contributed by atoms with Gasteiger partial charge in [0, 0.05) is 16.7 Å². The molecular weight excluding hydrogens is 556 g/mol. The first-order chi connectivity index (χ1) is 22.5. The van der Waals surface area contributed by atoms with Gasteiger partial charge in [0.1, 0.15) is 0 Å². The molecule has 6 aromatic carbocycles. The van der Waals surface area contributed by atoms with Crippen LogP contribution in [-0.2, 0) is 5.41 Å². The minimum absolute atomic E-state index is 0.406. The summed E-state index contributed by atoms with van der Waals surface area (Å²) in [5.74, 6) is 0. The number of hydrogen-bond donors (Lipinski definition) is 0. The Bertz CT molecular complexity index is 2280. The lowest BCUT2D eigenvalue weighted by Gasteiger charge is -2.30. The smallest absolute Gasteiger partial charge is 0.0972 e. The molecule has 0 N–H and O–H groups in total. The van der Waals surface area contributed by atoms with E-state index >= 15 is 0 Å². The first-order valence-corrected chi connectivity index (χ1v) is 16.0. The molecule has 2 aliphatic carbocycles. The maximum absolute atomic E-state index is 5.40. The van der Waals surface area contributed by atoms with Crippen LogP contribution in [0, 0.1) is 20.8 Å². The van der Waals surface area contributed by atoms with Crippen molar-refractivity contribution in [3.05, 3.63) is 179 Å². The van der Waals surface area contributed by atoms with Crippen molar-refractivity contribution in [2.24, 2.45) is 0 Å². The number of nitrogens with zero attached hydrogens (tertiary/aromatic N) is 2. The summed E-state index contributed by atoms with van der Waals surface area (Å²) in [6.45, 7) is 6.42. The van der Waals surface area contributed by atoms with Crippen molar-refractivity contribution in [1.29, 1.82) is 0 Å². The van der Waals surface area contributed by atoms with Crippen molar-refractivity contribution < 1.29 is 0 Å². The summed E-state index contributed by atoms with van der Waals surface area (Å²) >= 11 is 0. The molecule has 0 atom stereocenters. The van der Waals surface area contributed by atoms with Gasteiger partial charge >= 0.3 is 0 Å². The summed E-state index contributed by atoms with van der Waals surface area (Å²) in [6, 6.07) is 49.0. The van der Waals surface area contributed by atoms with Crippen LogP contribution in [0.4, 0.5) is 0 Å². The highest BCUT2D eigenvalue weighted by atomic mass is 14.8. The van der Waals surface area contributed by atoms with Gasteiger partial charge < -0.3 is 0 Å². The highest BCUT2D eigenvalue weighted by Gasteiger charge is 2.51. The second-order valence-corrected chi connectivity index (χ2v) is 12.8. The van der Waals surface area contributed by atoms with E-state index in [0.29, 0.717) is 0 Å². The standard InChI is InChI=1S/C44H32N2/c1-27-16-19-30(20-17-27)41-26-45-43(32-22-18-28(2)24-29(32)3)42(46-41)31-21-23-36-35-12-6-9-15-39(35)44(40(36)25-31)37-13-7-4-10-33(37)34-11-5-8-14-38(34)44/h4-26H,1-3H3. The van der Waals surface area contributed by atoms with Crippen LogP contribution < -0.4 is 0 Å². The van der Waals surface area contributed by atoms with Crippen LogP contribution in [0.25, 0.3) is 56.0 Å². The van der Waals surface area contributed by atoms with E-state index in [2.05, 4.69) is 154 Å². The van der Waals surface area contributed by atoms with Gasteiger partial charge in [0.2, 0.25) is 0 Å². The summed E-state index contributed by atoms with van der Waals surface area (Å²) in [4.78, 5) is 10.5.